The van der Waals surface area contributed by atoms with Crippen LogP contribution in [0.3, 0.4) is 0 Å². The molecule has 0 saturated carbocycles. The van der Waals surface area contributed by atoms with Crippen molar-refractivity contribution >= 4 is 23.5 Å². The molecular weight excluding hydrogens is 270 g/mol. The first-order valence-electron chi connectivity index (χ1n) is 5.88. The average Bonchev–Trinajstić information content (AvgIpc) is 2.74. The zero-order valence-electron chi connectivity index (χ0n) is 10.3. The average molecular weight is 284 g/mol. The molecule has 1 aromatic rings. The van der Waals surface area contributed by atoms with Crippen LogP contribution in [0, 0.1) is 6.92 Å². The summed E-state index contributed by atoms with van der Waals surface area (Å²) in [5, 5.41) is 18.9. The van der Waals surface area contributed by atoms with E-state index in [-0.39, 0.29) is 18.5 Å². The molecule has 2 N–H and O–H groups in total. The van der Waals surface area contributed by atoms with E-state index in [1.165, 1.54) is 0 Å². The zero-order valence-corrected chi connectivity index (χ0v) is 11.1. The monoisotopic (exact) mass is 283 g/mol. The van der Waals surface area contributed by atoms with Crippen LogP contribution in [0.25, 0.3) is 0 Å². The molecule has 1 fully saturated rings. The van der Waals surface area contributed by atoms with Crippen LogP contribution < -0.4 is 0 Å². The number of carboxylic acids is 1. The lowest BCUT2D eigenvalue weighted by molar-refractivity contribution is -0.141. The third-order valence-corrected chi connectivity index (χ3v) is 3.75. The van der Waals surface area contributed by atoms with Crippen LogP contribution in [0.5, 0.6) is 0 Å². The van der Waals surface area contributed by atoms with Crippen LogP contribution in [-0.2, 0) is 4.79 Å². The van der Waals surface area contributed by atoms with Gasteiger partial charge in [-0.25, -0.2) is 4.79 Å². The first kappa shape index (κ1) is 13.8. The van der Waals surface area contributed by atoms with E-state index in [1.807, 2.05) is 0 Å². The van der Waals surface area contributed by atoms with Gasteiger partial charge in [0.2, 0.25) is 0 Å². The number of β-amino-alcohol motifs (C(OH)–C–C–N with tert-alkyl or cyclic N) is 1. The number of aliphatic hydroxyl groups is 1. The molecule has 19 heavy (non-hydrogen) atoms. The van der Waals surface area contributed by atoms with Crippen molar-refractivity contribution in [2.24, 2.45) is 0 Å². The van der Waals surface area contributed by atoms with Gasteiger partial charge in [0.15, 0.2) is 0 Å². The topological polar surface area (TPSA) is 77.8 Å². The van der Waals surface area contributed by atoms with Crippen molar-refractivity contribution in [3.05, 3.63) is 34.3 Å². The number of carbonyl (C=O) groups excluding carboxylic acids is 1. The summed E-state index contributed by atoms with van der Waals surface area (Å²) in [6, 6.07) is 4.02. The number of rotatable bonds is 2. The highest BCUT2D eigenvalue weighted by molar-refractivity contribution is 6.34. The molecule has 102 valence electrons. The summed E-state index contributed by atoms with van der Waals surface area (Å²) in [5.74, 6) is -1.58. The highest BCUT2D eigenvalue weighted by Gasteiger charge is 2.39. The molecule has 1 aliphatic rings. The standard InChI is InChI=1S/C13H14ClNO4/c1-7-3-2-4-9(11(7)14)12(17)15-6-8(16)5-10(15)13(18)19/h2-4,8,10,16H,5-6H2,1H3,(H,18,19)/t8-,10-/m1/s1. The first-order valence-corrected chi connectivity index (χ1v) is 6.26. The Bertz CT molecular complexity index is 531. The number of hydrogen-bond acceptors (Lipinski definition) is 3. The highest BCUT2D eigenvalue weighted by Crippen LogP contribution is 2.26. The van der Waals surface area contributed by atoms with Gasteiger partial charge in [0.05, 0.1) is 16.7 Å². The second-order valence-electron chi connectivity index (χ2n) is 4.64. The maximum atomic E-state index is 12.3. The van der Waals surface area contributed by atoms with Crippen molar-refractivity contribution < 1.29 is 19.8 Å². The number of nitrogens with zero attached hydrogens (tertiary/aromatic N) is 1. The second kappa shape index (κ2) is 5.19. The van der Waals surface area contributed by atoms with Gasteiger partial charge in [0.25, 0.3) is 5.91 Å². The molecular formula is C13H14ClNO4. The summed E-state index contributed by atoms with van der Waals surface area (Å²) in [7, 11) is 0. The number of halogens is 1. The van der Waals surface area contributed by atoms with Gasteiger partial charge in [-0.3, -0.25) is 4.79 Å². The molecule has 1 aromatic carbocycles. The van der Waals surface area contributed by atoms with Crippen LogP contribution in [0.1, 0.15) is 22.3 Å². The van der Waals surface area contributed by atoms with E-state index in [1.54, 1.807) is 25.1 Å². The quantitative estimate of drug-likeness (QED) is 0.858. The number of benzene rings is 1. The molecule has 0 bridgehead atoms. The molecule has 1 aliphatic heterocycles. The molecule has 5 nitrogen and oxygen atoms in total. The van der Waals surface area contributed by atoms with E-state index < -0.39 is 24.0 Å². The summed E-state index contributed by atoms with van der Waals surface area (Å²) in [6.07, 6.45) is -0.765. The molecule has 0 radical (unpaired) electrons. The minimum atomic E-state index is -1.12. The molecule has 0 aromatic heterocycles. The number of aliphatic carboxylic acids is 1. The molecule has 0 aliphatic carbocycles. The highest BCUT2D eigenvalue weighted by atomic mass is 35.5. The smallest absolute Gasteiger partial charge is 0.326 e. The maximum absolute atomic E-state index is 12.3. The Morgan fingerprint density at radius 1 is 1.42 bits per heavy atom. The fourth-order valence-corrected chi connectivity index (χ4v) is 2.45. The van der Waals surface area contributed by atoms with Crippen LogP contribution >= 0.6 is 11.6 Å². The fraction of sp³-hybridized carbons (Fsp3) is 0.385. The summed E-state index contributed by atoms with van der Waals surface area (Å²) in [4.78, 5) is 24.6. The summed E-state index contributed by atoms with van der Waals surface area (Å²) < 4.78 is 0. The van der Waals surface area contributed by atoms with Gasteiger partial charge < -0.3 is 15.1 Å². The minimum Gasteiger partial charge on any atom is -0.480 e. The van der Waals surface area contributed by atoms with E-state index >= 15 is 0 Å². The number of amides is 1. The van der Waals surface area contributed by atoms with Gasteiger partial charge in [0.1, 0.15) is 6.04 Å². The van der Waals surface area contributed by atoms with Crippen molar-refractivity contribution in [3.8, 4) is 0 Å². The van der Waals surface area contributed by atoms with Crippen molar-refractivity contribution in [2.75, 3.05) is 6.54 Å². The molecule has 1 saturated heterocycles. The summed E-state index contributed by atoms with van der Waals surface area (Å²) in [6.45, 7) is 1.78. The van der Waals surface area contributed by atoms with E-state index in [0.29, 0.717) is 5.02 Å². The minimum absolute atomic E-state index is 0.0140. The van der Waals surface area contributed by atoms with E-state index in [2.05, 4.69) is 0 Å². The third-order valence-electron chi connectivity index (χ3n) is 3.25. The van der Waals surface area contributed by atoms with Crippen LogP contribution in [0.4, 0.5) is 0 Å². The molecule has 2 rings (SSSR count). The third kappa shape index (κ3) is 2.57. The Hall–Kier alpha value is -1.59. The Morgan fingerprint density at radius 2 is 2.11 bits per heavy atom. The number of hydrogen-bond donors (Lipinski definition) is 2. The maximum Gasteiger partial charge on any atom is 0.326 e. The predicted octanol–water partition coefficient (Wildman–Crippen LogP) is 1.31. The molecule has 0 unspecified atom stereocenters. The van der Waals surface area contributed by atoms with Crippen molar-refractivity contribution in [1.82, 2.24) is 4.90 Å². The van der Waals surface area contributed by atoms with Crippen LogP contribution in [0.2, 0.25) is 5.02 Å². The lowest BCUT2D eigenvalue weighted by Gasteiger charge is -2.22. The SMILES string of the molecule is Cc1cccc(C(=O)N2C[C@H](O)C[C@@H]2C(=O)O)c1Cl. The van der Waals surface area contributed by atoms with Gasteiger partial charge in [-0.2, -0.15) is 0 Å². The molecule has 1 amide bonds. The van der Waals surface area contributed by atoms with Crippen LogP contribution in [0.15, 0.2) is 18.2 Å². The number of carboxylic acid groups (broad SMARTS) is 1. The molecule has 0 spiro atoms. The Kier molecular flexibility index (Phi) is 3.78. The largest absolute Gasteiger partial charge is 0.480 e. The molecule has 2 atom stereocenters. The van der Waals surface area contributed by atoms with E-state index in [4.69, 9.17) is 16.7 Å². The lowest BCUT2D eigenvalue weighted by atomic mass is 10.1. The van der Waals surface area contributed by atoms with E-state index in [9.17, 15) is 14.7 Å². The van der Waals surface area contributed by atoms with Crippen molar-refractivity contribution in [2.45, 2.75) is 25.5 Å². The lowest BCUT2D eigenvalue weighted by Crippen LogP contribution is -2.40. The van der Waals surface area contributed by atoms with Gasteiger partial charge in [-0.05, 0) is 18.6 Å². The molecule has 6 heteroatoms. The van der Waals surface area contributed by atoms with Gasteiger partial charge in [-0.15, -0.1) is 0 Å². The van der Waals surface area contributed by atoms with Crippen molar-refractivity contribution in [1.29, 1.82) is 0 Å². The second-order valence-corrected chi connectivity index (χ2v) is 5.02. The Morgan fingerprint density at radius 3 is 2.74 bits per heavy atom. The summed E-state index contributed by atoms with van der Waals surface area (Å²) in [5.41, 5.74) is 1.01. The number of aliphatic hydroxyl groups excluding tert-OH is 1. The Balaban J connectivity index is 2.33. The first-order chi connectivity index (χ1) is 8.91. The van der Waals surface area contributed by atoms with Gasteiger partial charge in [0, 0.05) is 13.0 Å². The molecule has 1 heterocycles. The Labute approximate surface area is 115 Å². The zero-order chi connectivity index (χ0) is 14.2. The van der Waals surface area contributed by atoms with Gasteiger partial charge >= 0.3 is 5.97 Å². The number of aryl methyl sites for hydroxylation is 1. The van der Waals surface area contributed by atoms with Crippen molar-refractivity contribution in [3.63, 3.8) is 0 Å². The normalized spacial score (nSPS) is 22.6. The number of likely N-dealkylation sites (tertiary alicyclic amines) is 1. The van der Waals surface area contributed by atoms with Crippen LogP contribution in [-0.4, -0.2) is 45.7 Å². The fourth-order valence-electron chi connectivity index (χ4n) is 2.24. The van der Waals surface area contributed by atoms with Gasteiger partial charge in [-0.1, -0.05) is 23.7 Å². The number of carbonyl (C=O) groups is 2. The van der Waals surface area contributed by atoms with E-state index in [0.717, 1.165) is 10.5 Å². The predicted molar refractivity (Wildman–Crippen MR) is 69.3 cm³/mol. The summed E-state index contributed by atoms with van der Waals surface area (Å²) >= 11 is 6.07.